The van der Waals surface area contributed by atoms with Crippen LogP contribution >= 0.6 is 0 Å². The highest BCUT2D eigenvalue weighted by atomic mass is 32.2. The van der Waals surface area contributed by atoms with E-state index in [1.807, 2.05) is 6.92 Å². The monoisotopic (exact) mass is 313 g/mol. The predicted molar refractivity (Wildman–Crippen MR) is 76.6 cm³/mol. The van der Waals surface area contributed by atoms with E-state index in [2.05, 4.69) is 4.72 Å². The van der Waals surface area contributed by atoms with Crippen molar-refractivity contribution in [2.24, 2.45) is 0 Å². The molecule has 1 atom stereocenters. The van der Waals surface area contributed by atoms with Gasteiger partial charge in [0.15, 0.2) is 0 Å². The minimum atomic E-state index is -3.60. The maximum Gasteiger partial charge on any atom is 0.303 e. The Morgan fingerprint density at radius 2 is 2.05 bits per heavy atom. The van der Waals surface area contributed by atoms with Crippen LogP contribution in [-0.2, 0) is 26.0 Å². The number of carboxylic acid groups (broad SMARTS) is 1. The van der Waals surface area contributed by atoms with Gasteiger partial charge in [0, 0.05) is 13.0 Å². The third-order valence-electron chi connectivity index (χ3n) is 3.46. The van der Waals surface area contributed by atoms with E-state index in [0.29, 0.717) is 26.1 Å². The van der Waals surface area contributed by atoms with Gasteiger partial charge < -0.3 is 9.84 Å². The third kappa shape index (κ3) is 4.26. The molecule has 1 saturated heterocycles. The van der Waals surface area contributed by atoms with Gasteiger partial charge in [-0.05, 0) is 37.5 Å². The van der Waals surface area contributed by atoms with Crippen molar-refractivity contribution in [2.45, 2.75) is 36.6 Å². The molecule has 6 nitrogen and oxygen atoms in total. The van der Waals surface area contributed by atoms with E-state index in [-0.39, 0.29) is 11.3 Å². The molecule has 0 radical (unpaired) electrons. The highest BCUT2D eigenvalue weighted by Gasteiger charge is 2.34. The third-order valence-corrected chi connectivity index (χ3v) is 5.12. The molecule has 1 aliphatic rings. The van der Waals surface area contributed by atoms with Gasteiger partial charge in [-0.3, -0.25) is 4.79 Å². The fraction of sp³-hybridized carbons (Fsp3) is 0.500. The molecule has 0 saturated carbocycles. The van der Waals surface area contributed by atoms with Crippen LogP contribution in [0.15, 0.2) is 29.2 Å². The minimum Gasteiger partial charge on any atom is -0.481 e. The van der Waals surface area contributed by atoms with Gasteiger partial charge in [-0.15, -0.1) is 0 Å². The van der Waals surface area contributed by atoms with E-state index in [9.17, 15) is 13.2 Å². The van der Waals surface area contributed by atoms with Crippen molar-refractivity contribution >= 4 is 16.0 Å². The number of carbonyl (C=O) groups is 1. The summed E-state index contributed by atoms with van der Waals surface area (Å²) < 4.78 is 32.5. The predicted octanol–water partition coefficient (Wildman–Crippen LogP) is 1.16. The second-order valence-corrected chi connectivity index (χ2v) is 7.19. The molecule has 0 aromatic heterocycles. The molecule has 1 aromatic rings. The zero-order valence-electron chi connectivity index (χ0n) is 11.8. The van der Waals surface area contributed by atoms with Crippen molar-refractivity contribution in [2.75, 3.05) is 13.2 Å². The normalized spacial score (nSPS) is 22.3. The van der Waals surface area contributed by atoms with Crippen molar-refractivity contribution in [3.05, 3.63) is 29.8 Å². The Hall–Kier alpha value is -1.44. The van der Waals surface area contributed by atoms with Crippen LogP contribution in [-0.4, -0.2) is 38.2 Å². The number of benzene rings is 1. The van der Waals surface area contributed by atoms with E-state index in [1.54, 1.807) is 12.1 Å². The van der Waals surface area contributed by atoms with Crippen LogP contribution in [0.5, 0.6) is 0 Å². The Bertz CT molecular complexity index is 603. The first-order valence-corrected chi connectivity index (χ1v) is 8.22. The largest absolute Gasteiger partial charge is 0.481 e. The Balaban J connectivity index is 2.08. The molecule has 2 rings (SSSR count). The van der Waals surface area contributed by atoms with Gasteiger partial charge in [-0.25, -0.2) is 13.1 Å². The maximum absolute atomic E-state index is 12.3. The summed E-state index contributed by atoms with van der Waals surface area (Å²) in [4.78, 5) is 10.7. The number of aliphatic carboxylic acids is 1. The molecule has 1 aliphatic heterocycles. The number of rotatable bonds is 6. The number of ether oxygens (including phenoxy) is 1. The van der Waals surface area contributed by atoms with E-state index in [4.69, 9.17) is 9.84 Å². The molecule has 0 bridgehead atoms. The molecule has 0 spiro atoms. The second-order valence-electron chi connectivity index (χ2n) is 5.51. The Labute approximate surface area is 124 Å². The van der Waals surface area contributed by atoms with Gasteiger partial charge in [0.1, 0.15) is 0 Å². The number of hydrogen-bond acceptors (Lipinski definition) is 4. The first-order chi connectivity index (χ1) is 9.81. The van der Waals surface area contributed by atoms with Gasteiger partial charge in [0.2, 0.25) is 10.0 Å². The Morgan fingerprint density at radius 1 is 1.38 bits per heavy atom. The van der Waals surface area contributed by atoms with E-state index in [0.717, 1.165) is 5.56 Å². The SMILES string of the molecule is CC1(NS(=O)(=O)c2ccc(CCC(=O)O)cc2)CCOC1. The van der Waals surface area contributed by atoms with Crippen molar-refractivity contribution in [1.29, 1.82) is 0 Å². The Morgan fingerprint density at radius 3 is 2.57 bits per heavy atom. The molecular formula is C14H19NO5S. The summed E-state index contributed by atoms with van der Waals surface area (Å²) in [5.41, 5.74) is 0.229. The van der Waals surface area contributed by atoms with Crippen molar-refractivity contribution in [3.8, 4) is 0 Å². The lowest BCUT2D eigenvalue weighted by molar-refractivity contribution is -0.136. The van der Waals surface area contributed by atoms with Crippen LogP contribution in [0.2, 0.25) is 0 Å². The highest BCUT2D eigenvalue weighted by molar-refractivity contribution is 7.89. The number of carboxylic acids is 1. The highest BCUT2D eigenvalue weighted by Crippen LogP contribution is 2.21. The van der Waals surface area contributed by atoms with E-state index in [1.165, 1.54) is 12.1 Å². The van der Waals surface area contributed by atoms with Gasteiger partial charge >= 0.3 is 5.97 Å². The molecule has 0 aliphatic carbocycles. The molecule has 1 aromatic carbocycles. The van der Waals surface area contributed by atoms with Crippen LogP contribution in [0.3, 0.4) is 0 Å². The number of nitrogens with one attached hydrogen (secondary N) is 1. The molecule has 2 N–H and O–H groups in total. The zero-order chi connectivity index (χ0) is 15.5. The standard InChI is InChI=1S/C14H19NO5S/c1-14(8-9-20-10-14)15-21(18,19)12-5-2-11(3-6-12)4-7-13(16)17/h2-3,5-6,15H,4,7-10H2,1H3,(H,16,17). The average Bonchev–Trinajstić information content (AvgIpc) is 2.82. The number of hydrogen-bond donors (Lipinski definition) is 2. The topological polar surface area (TPSA) is 92.7 Å². The van der Waals surface area contributed by atoms with Gasteiger partial charge in [-0.2, -0.15) is 0 Å². The summed E-state index contributed by atoms with van der Waals surface area (Å²) in [6, 6.07) is 6.29. The van der Waals surface area contributed by atoms with Crippen LogP contribution in [0.4, 0.5) is 0 Å². The van der Waals surface area contributed by atoms with Gasteiger partial charge in [-0.1, -0.05) is 12.1 Å². The summed E-state index contributed by atoms with van der Waals surface area (Å²) in [5, 5.41) is 8.63. The summed E-state index contributed by atoms with van der Waals surface area (Å²) in [5.74, 6) is -0.873. The summed E-state index contributed by atoms with van der Waals surface area (Å²) in [6.45, 7) is 2.73. The fourth-order valence-corrected chi connectivity index (χ4v) is 3.64. The molecule has 21 heavy (non-hydrogen) atoms. The fourth-order valence-electron chi connectivity index (χ4n) is 2.22. The molecule has 1 unspecified atom stereocenters. The number of aryl methyl sites for hydroxylation is 1. The molecule has 0 amide bonds. The minimum absolute atomic E-state index is 0.0275. The van der Waals surface area contributed by atoms with Crippen molar-refractivity contribution in [1.82, 2.24) is 4.72 Å². The molecule has 116 valence electrons. The summed E-state index contributed by atoms with van der Waals surface area (Å²) >= 11 is 0. The molecule has 1 heterocycles. The van der Waals surface area contributed by atoms with Crippen molar-refractivity contribution < 1.29 is 23.1 Å². The van der Waals surface area contributed by atoms with Crippen LogP contribution in [0.1, 0.15) is 25.3 Å². The lowest BCUT2D eigenvalue weighted by Crippen LogP contribution is -2.46. The molecule has 7 heteroatoms. The average molecular weight is 313 g/mol. The first kappa shape index (κ1) is 15.9. The van der Waals surface area contributed by atoms with Crippen LogP contribution in [0, 0.1) is 0 Å². The van der Waals surface area contributed by atoms with E-state index >= 15 is 0 Å². The zero-order valence-corrected chi connectivity index (χ0v) is 12.6. The second kappa shape index (κ2) is 6.13. The summed E-state index contributed by atoms with van der Waals surface area (Å²) in [6.07, 6.45) is 1.05. The number of sulfonamides is 1. The maximum atomic E-state index is 12.3. The first-order valence-electron chi connectivity index (χ1n) is 6.73. The van der Waals surface area contributed by atoms with E-state index < -0.39 is 21.5 Å². The van der Waals surface area contributed by atoms with Crippen molar-refractivity contribution in [3.63, 3.8) is 0 Å². The smallest absolute Gasteiger partial charge is 0.303 e. The lowest BCUT2D eigenvalue weighted by Gasteiger charge is -2.23. The quantitative estimate of drug-likeness (QED) is 0.822. The Kier molecular flexibility index (Phi) is 4.65. The molecule has 1 fully saturated rings. The van der Waals surface area contributed by atoms with Crippen LogP contribution in [0.25, 0.3) is 0 Å². The van der Waals surface area contributed by atoms with Gasteiger partial charge in [0.25, 0.3) is 0 Å². The lowest BCUT2D eigenvalue weighted by atomic mass is 10.0. The van der Waals surface area contributed by atoms with Crippen LogP contribution < -0.4 is 4.72 Å². The summed E-state index contributed by atoms with van der Waals surface area (Å²) in [7, 11) is -3.60. The van der Waals surface area contributed by atoms with Gasteiger partial charge in [0.05, 0.1) is 17.0 Å². The molecular weight excluding hydrogens is 294 g/mol.